The maximum atomic E-state index is 18.7. The molecular formula is C86H25O4P. The number of ether oxygens (including phenoxy) is 2. The van der Waals surface area contributed by atoms with Gasteiger partial charge in [0.25, 0.3) is 0 Å². The minimum Gasteiger partial charge on any atom is -0.465 e. The number of carbonyl (C=O) groups is 2. The molecule has 0 saturated heterocycles. The summed E-state index contributed by atoms with van der Waals surface area (Å²) in [5.74, 6) is -0.656. The minimum atomic E-state index is -3.56. The van der Waals surface area contributed by atoms with Crippen molar-refractivity contribution in [2.75, 3.05) is 13.2 Å². The van der Waals surface area contributed by atoms with Gasteiger partial charge in [0, 0.05) is 0 Å². The number of rotatable bonds is 8. The van der Waals surface area contributed by atoms with Gasteiger partial charge in [0.15, 0.2) is 0 Å². The molecule has 1 fully saturated rings. The molecule has 0 heterocycles. The van der Waals surface area contributed by atoms with Crippen molar-refractivity contribution in [2.45, 2.75) is 24.7 Å². The van der Waals surface area contributed by atoms with E-state index in [0.29, 0.717) is 5.29 Å². The van der Waals surface area contributed by atoms with Gasteiger partial charge in [-0.15, -0.1) is 0 Å². The number of hydrogen-bond acceptors (Lipinski definition) is 4. The monoisotopic (exact) mass is 1150 g/mol. The van der Waals surface area contributed by atoms with E-state index >= 15 is 9.59 Å². The maximum absolute atomic E-state index is 18.7. The van der Waals surface area contributed by atoms with Gasteiger partial charge in [0.05, 0.1) is 29.3 Å². The number of esters is 2. The Morgan fingerprint density at radius 3 is 0.615 bits per heavy atom. The van der Waals surface area contributed by atoms with Crippen molar-refractivity contribution in [3.05, 3.63) is 113 Å². The molecule has 36 rings (SSSR count). The van der Waals surface area contributed by atoms with Crippen molar-refractivity contribution in [1.29, 1.82) is 0 Å². The van der Waals surface area contributed by atoms with Crippen molar-refractivity contribution >= 4 is 331 Å². The Kier molecular flexibility index (Phi) is 4.12. The lowest BCUT2D eigenvalue weighted by Crippen LogP contribution is -2.47. The molecule has 5 heteroatoms. The molecule has 2 spiro atoms. The fourth-order valence-corrected chi connectivity index (χ4v) is 33.9. The summed E-state index contributed by atoms with van der Waals surface area (Å²) in [4.78, 5) is 36.6. The molecule has 398 valence electrons. The van der Waals surface area contributed by atoms with Gasteiger partial charge in [-0.05, 0) is 350 Å². The van der Waals surface area contributed by atoms with Gasteiger partial charge in [-0.3, -0.25) is 4.79 Å². The summed E-state index contributed by atoms with van der Waals surface area (Å²) in [5, 5.41) is 83.8. The van der Waals surface area contributed by atoms with Gasteiger partial charge in [-0.2, -0.15) is 0 Å². The zero-order chi connectivity index (χ0) is 56.4. The molecule has 31 aromatic rings. The van der Waals surface area contributed by atoms with Crippen molar-refractivity contribution in [1.82, 2.24) is 0 Å². The van der Waals surface area contributed by atoms with E-state index in [-0.39, 0.29) is 25.2 Å². The van der Waals surface area contributed by atoms with Gasteiger partial charge in [0.2, 0.25) is 0 Å². The third-order valence-electron chi connectivity index (χ3n) is 29.5. The highest BCUT2D eigenvalue weighted by Crippen LogP contribution is 2.97. The van der Waals surface area contributed by atoms with Crippen LogP contribution in [0.2, 0.25) is 0 Å². The Balaban J connectivity index is 1.01. The first-order valence-electron chi connectivity index (χ1n) is 33.2. The summed E-state index contributed by atoms with van der Waals surface area (Å²) in [5.41, 5.74) is 1.32. The third-order valence-corrected chi connectivity index (χ3v) is 34.0. The summed E-state index contributed by atoms with van der Waals surface area (Å²) in [6.45, 7) is 0.734. The average Bonchev–Trinajstić information content (AvgIpc) is 1.35. The Morgan fingerprint density at radius 2 is 0.440 bits per heavy atom. The second-order valence-electron chi connectivity index (χ2n) is 30.5. The zero-order valence-corrected chi connectivity index (χ0v) is 48.5. The van der Waals surface area contributed by atoms with Crippen LogP contribution in [0.4, 0.5) is 0 Å². The lowest BCUT2D eigenvalue weighted by Gasteiger charge is -2.36. The molecule has 5 aliphatic carbocycles. The van der Waals surface area contributed by atoms with E-state index in [1.54, 1.807) is 53.9 Å². The van der Waals surface area contributed by atoms with Crippen LogP contribution in [-0.2, 0) is 29.9 Å². The van der Waals surface area contributed by atoms with Gasteiger partial charge < -0.3 is 9.47 Å². The van der Waals surface area contributed by atoms with Crippen LogP contribution < -0.4 is 15.9 Å². The van der Waals surface area contributed by atoms with E-state index in [0.717, 1.165) is 15.9 Å². The first-order chi connectivity index (χ1) is 45.1. The first kappa shape index (κ1) is 38.7. The molecule has 1 saturated carbocycles. The Hall–Kier alpha value is -10.6. The third kappa shape index (κ3) is 2.36. The normalized spacial score (nSPS) is 21.4. The van der Waals surface area contributed by atoms with E-state index in [1.807, 2.05) is 13.8 Å². The minimum absolute atomic E-state index is 0.149. The molecular weight excluding hydrogens is 1130 g/mol. The van der Waals surface area contributed by atoms with E-state index in [1.165, 1.54) is 259 Å². The Morgan fingerprint density at radius 1 is 0.264 bits per heavy atom. The van der Waals surface area contributed by atoms with Crippen LogP contribution in [0.25, 0.3) is 291 Å². The largest absolute Gasteiger partial charge is 0.465 e. The molecule has 0 aliphatic heterocycles. The van der Waals surface area contributed by atoms with E-state index in [9.17, 15) is 0 Å². The smallest absolute Gasteiger partial charge is 0.336 e. The molecule has 0 bridgehead atoms. The van der Waals surface area contributed by atoms with E-state index in [2.05, 4.69) is 91.0 Å². The standard InChI is InChI=1S/C86H25O4P/c1-3-89-82(87)81(91(20-14-8-5-9-15-20,21-16-10-6-11-17-21)22-18-12-7-13-19-22)86(83(88)90-4-2)84-77-69-61-51-41-33-25-23-24-27-31-29(25)37-45-39(31)49-43-35(27)36-28(24)32-30-26(23)34(33)42-48-38(30)46-40(32)50-44(36)54-53(43)63-57(49)67-59(45)65(55(61)47(37)41)73(77)75(67)79-71(63)72-64(54)58(50)68-60(46)66-56(48)62(52(42)51)70(69)78(84)74(66)76(68)80(72)85(79,84)86/h5-19H,3-4H2,1-2H3. The number of hydrogen-bond donors (Lipinski definition) is 0. The molecule has 4 nitrogen and oxygen atoms in total. The first-order valence-corrected chi connectivity index (χ1v) is 35.0. The van der Waals surface area contributed by atoms with Crippen molar-refractivity contribution in [3.63, 3.8) is 0 Å². The van der Waals surface area contributed by atoms with E-state index in [4.69, 9.17) is 9.47 Å². The lowest BCUT2D eigenvalue weighted by molar-refractivity contribution is -0.149. The molecule has 0 N–H and O–H groups in total. The predicted octanol–water partition coefficient (Wildman–Crippen LogP) is 19.6. The second-order valence-corrected chi connectivity index (χ2v) is 33.8. The fraction of sp³-hybridized carbons (Fsp3) is 0.0814. The summed E-state index contributed by atoms with van der Waals surface area (Å²) in [7, 11) is 0. The highest BCUT2D eigenvalue weighted by Gasteiger charge is 3.00. The van der Waals surface area contributed by atoms with Crippen LogP contribution in [0.15, 0.2) is 91.0 Å². The molecule has 0 radical (unpaired) electrons. The summed E-state index contributed by atoms with van der Waals surface area (Å²) < 4.78 is 14.4. The van der Waals surface area contributed by atoms with Crippen LogP contribution in [0, 0.1) is 5.41 Å². The fourth-order valence-electron chi connectivity index (χ4n) is 29.1. The Labute approximate surface area is 503 Å². The molecule has 5 aliphatic rings. The second kappa shape index (κ2) is 9.68. The Bertz CT molecular complexity index is 8020. The van der Waals surface area contributed by atoms with Crippen molar-refractivity contribution < 1.29 is 19.1 Å². The van der Waals surface area contributed by atoms with Crippen molar-refractivity contribution in [2.24, 2.45) is 5.41 Å². The summed E-state index contributed by atoms with van der Waals surface area (Å²) in [6, 6.07) is 33.0. The van der Waals surface area contributed by atoms with Gasteiger partial charge in [-0.1, -0.05) is 91.0 Å². The molecule has 31 aromatic carbocycles. The van der Waals surface area contributed by atoms with Crippen LogP contribution in [0.3, 0.4) is 0 Å². The number of benzene rings is 21. The van der Waals surface area contributed by atoms with Crippen LogP contribution >= 0.6 is 6.89 Å². The highest BCUT2D eigenvalue weighted by molar-refractivity contribution is 7.96. The van der Waals surface area contributed by atoms with Gasteiger partial charge >= 0.3 is 11.9 Å². The number of carbonyl (C=O) groups excluding carboxylic acids is 2. The maximum Gasteiger partial charge on any atom is 0.336 e. The lowest BCUT2D eigenvalue weighted by atomic mass is 9.68. The van der Waals surface area contributed by atoms with Crippen LogP contribution in [-0.4, -0.2) is 30.4 Å². The van der Waals surface area contributed by atoms with Gasteiger partial charge in [-0.25, -0.2) is 4.79 Å². The van der Waals surface area contributed by atoms with Gasteiger partial charge in [0.1, 0.15) is 5.41 Å². The average molecular weight is 1150 g/mol. The molecule has 0 amide bonds. The zero-order valence-electron chi connectivity index (χ0n) is 47.7. The predicted molar refractivity (Wildman–Crippen MR) is 380 cm³/mol. The van der Waals surface area contributed by atoms with Crippen molar-refractivity contribution in [3.8, 4) is 0 Å². The van der Waals surface area contributed by atoms with Crippen LogP contribution in [0.1, 0.15) is 36.1 Å². The SMILES string of the molecule is CCOC(=O)C(C1(C(=O)OCC)C23c4c5c6c7c8c9c(c%10c%11c2c2c4c4c%12c5c5c6c6c8c8c%13c9c9c%10c%10c%11c%11c2c2c4c4c%12c%12c5c5c6c8c6c8c%13c9c9c%10c%10c%11c2c2c4c4c%12c5c6c5c8c9c%10c2c45)C713)=P(c1ccccc1)(c1ccccc1)c1ccccc1. The van der Waals surface area contributed by atoms with Crippen LogP contribution in [0.5, 0.6) is 0 Å². The molecule has 0 atom stereocenters. The quantitative estimate of drug-likeness (QED) is 0.0864. The van der Waals surface area contributed by atoms with E-state index < -0.39 is 23.1 Å². The summed E-state index contributed by atoms with van der Waals surface area (Å²) in [6.07, 6.45) is 0. The highest BCUT2D eigenvalue weighted by atomic mass is 31.2. The topological polar surface area (TPSA) is 52.6 Å². The molecule has 0 aromatic heterocycles. The molecule has 0 unspecified atom stereocenters. The molecule has 91 heavy (non-hydrogen) atoms. The summed E-state index contributed by atoms with van der Waals surface area (Å²) >= 11 is 0.